The average molecular weight is 396 g/mol. The van der Waals surface area contributed by atoms with Crippen LogP contribution in [0.4, 0.5) is 4.79 Å². The molecule has 27 heavy (non-hydrogen) atoms. The van der Waals surface area contributed by atoms with Crippen LogP contribution in [0.15, 0.2) is 27.4 Å². The minimum Gasteiger partial charge on any atom is -0.444 e. The van der Waals surface area contributed by atoms with Crippen molar-refractivity contribution in [2.75, 3.05) is 0 Å². The minimum atomic E-state index is -0.920. The second kappa shape index (κ2) is 8.00. The molecule has 0 spiro atoms. The van der Waals surface area contributed by atoms with E-state index in [0.717, 1.165) is 0 Å². The van der Waals surface area contributed by atoms with Gasteiger partial charge in [-0.1, -0.05) is 18.5 Å². The van der Waals surface area contributed by atoms with Gasteiger partial charge in [0.2, 0.25) is 0 Å². The van der Waals surface area contributed by atoms with Crippen LogP contribution >= 0.6 is 11.6 Å². The van der Waals surface area contributed by atoms with Crippen LogP contribution in [0.1, 0.15) is 39.7 Å². The minimum absolute atomic E-state index is 0.0346. The second-order valence-electron chi connectivity index (χ2n) is 7.06. The summed E-state index contributed by atoms with van der Waals surface area (Å²) in [5, 5.41) is 3.28. The van der Waals surface area contributed by atoms with Gasteiger partial charge in [0.25, 0.3) is 0 Å². The van der Waals surface area contributed by atoms with E-state index in [1.54, 1.807) is 40.7 Å². The molecule has 2 aromatic rings. The standard InChI is InChI=1S/C19H22ClNO6/c1-6-13(21-18(24)27-19(3,4)5)17(23)26-15-9-14-11(8-12(15)20)10(2)7-16(22)25-14/h7-9,13H,6H2,1-5H3,(H,21,24)/t13-/m1/s1. The van der Waals surface area contributed by atoms with Crippen LogP contribution in [0.3, 0.4) is 0 Å². The molecule has 2 rings (SSSR count). The van der Waals surface area contributed by atoms with Gasteiger partial charge in [0, 0.05) is 17.5 Å². The maximum absolute atomic E-state index is 12.4. The number of fused-ring (bicyclic) bond motifs is 1. The van der Waals surface area contributed by atoms with Crippen molar-refractivity contribution in [3.63, 3.8) is 0 Å². The van der Waals surface area contributed by atoms with Crippen molar-refractivity contribution >= 4 is 34.6 Å². The third kappa shape index (κ3) is 5.47. The lowest BCUT2D eigenvalue weighted by molar-refractivity contribution is -0.136. The van der Waals surface area contributed by atoms with Crippen molar-refractivity contribution in [1.29, 1.82) is 0 Å². The fourth-order valence-electron chi connectivity index (χ4n) is 2.35. The maximum atomic E-state index is 12.4. The molecule has 0 bridgehead atoms. The zero-order chi connectivity index (χ0) is 20.4. The van der Waals surface area contributed by atoms with Crippen molar-refractivity contribution < 1.29 is 23.5 Å². The molecule has 0 aliphatic carbocycles. The van der Waals surface area contributed by atoms with Gasteiger partial charge < -0.3 is 19.2 Å². The summed E-state index contributed by atoms with van der Waals surface area (Å²) in [6.45, 7) is 8.62. The first-order valence-corrected chi connectivity index (χ1v) is 8.83. The third-order valence-corrected chi connectivity index (χ3v) is 3.89. The van der Waals surface area contributed by atoms with E-state index in [1.165, 1.54) is 12.1 Å². The van der Waals surface area contributed by atoms with E-state index in [0.29, 0.717) is 10.9 Å². The highest BCUT2D eigenvalue weighted by atomic mass is 35.5. The van der Waals surface area contributed by atoms with Gasteiger partial charge in [-0.15, -0.1) is 0 Å². The van der Waals surface area contributed by atoms with E-state index in [2.05, 4.69) is 5.32 Å². The summed E-state index contributed by atoms with van der Waals surface area (Å²) in [6.07, 6.45) is -0.435. The number of hydrogen-bond acceptors (Lipinski definition) is 6. The molecule has 1 amide bonds. The van der Waals surface area contributed by atoms with Crippen LogP contribution in [0.2, 0.25) is 5.02 Å². The summed E-state index contributed by atoms with van der Waals surface area (Å²) >= 11 is 6.19. The molecule has 1 heterocycles. The Hall–Kier alpha value is -2.54. The van der Waals surface area contributed by atoms with Crippen molar-refractivity contribution in [1.82, 2.24) is 5.32 Å². The lowest BCUT2D eigenvalue weighted by Crippen LogP contribution is -2.44. The van der Waals surface area contributed by atoms with Crippen LogP contribution in [-0.2, 0) is 9.53 Å². The van der Waals surface area contributed by atoms with Crippen molar-refractivity contribution in [3.8, 4) is 5.75 Å². The summed E-state index contributed by atoms with van der Waals surface area (Å²) in [6, 6.07) is 3.36. The van der Waals surface area contributed by atoms with Gasteiger partial charge in [-0.25, -0.2) is 14.4 Å². The van der Waals surface area contributed by atoms with Crippen molar-refractivity contribution in [2.45, 2.75) is 52.7 Å². The Morgan fingerprint density at radius 1 is 1.26 bits per heavy atom. The maximum Gasteiger partial charge on any atom is 0.408 e. The summed E-state index contributed by atoms with van der Waals surface area (Å²) in [4.78, 5) is 35.9. The van der Waals surface area contributed by atoms with Crippen LogP contribution < -0.4 is 15.7 Å². The predicted octanol–water partition coefficient (Wildman–Crippen LogP) is 3.96. The number of amides is 1. The molecular formula is C19H22ClNO6. The first-order valence-electron chi connectivity index (χ1n) is 8.45. The molecule has 0 aliphatic rings. The molecule has 1 aromatic carbocycles. The normalized spacial score (nSPS) is 12.5. The number of rotatable bonds is 4. The number of halogens is 1. The van der Waals surface area contributed by atoms with Crippen LogP contribution in [-0.4, -0.2) is 23.7 Å². The molecule has 1 atom stereocenters. The van der Waals surface area contributed by atoms with Gasteiger partial charge in [0.1, 0.15) is 17.2 Å². The van der Waals surface area contributed by atoms with Gasteiger partial charge in [-0.3, -0.25) is 0 Å². The van der Waals surface area contributed by atoms with Gasteiger partial charge in [-0.2, -0.15) is 0 Å². The number of alkyl carbamates (subject to hydrolysis) is 1. The molecule has 0 saturated carbocycles. The molecular weight excluding hydrogens is 374 g/mol. The highest BCUT2D eigenvalue weighted by Gasteiger charge is 2.25. The molecule has 8 heteroatoms. The molecule has 0 saturated heterocycles. The second-order valence-corrected chi connectivity index (χ2v) is 7.46. The quantitative estimate of drug-likeness (QED) is 0.478. The average Bonchev–Trinajstić information content (AvgIpc) is 2.52. The smallest absolute Gasteiger partial charge is 0.408 e. The Balaban J connectivity index is 2.21. The number of carbonyl (C=O) groups excluding carboxylic acids is 2. The highest BCUT2D eigenvalue weighted by Crippen LogP contribution is 2.31. The topological polar surface area (TPSA) is 94.8 Å². The number of carbonyl (C=O) groups is 2. The van der Waals surface area contributed by atoms with E-state index >= 15 is 0 Å². The van der Waals surface area contributed by atoms with Gasteiger partial charge in [-0.05, 0) is 45.7 Å². The number of ether oxygens (including phenoxy) is 2. The largest absolute Gasteiger partial charge is 0.444 e. The Bertz CT molecular complexity index is 928. The monoisotopic (exact) mass is 395 g/mol. The Morgan fingerprint density at radius 2 is 1.93 bits per heavy atom. The fraction of sp³-hybridized carbons (Fsp3) is 0.421. The van der Waals surface area contributed by atoms with E-state index in [1.807, 2.05) is 0 Å². The molecule has 7 nitrogen and oxygen atoms in total. The van der Waals surface area contributed by atoms with E-state index in [-0.39, 0.29) is 22.8 Å². The molecule has 1 N–H and O–H groups in total. The summed E-state index contributed by atoms with van der Waals surface area (Å²) in [5.41, 5.74) is -0.263. The molecule has 0 fully saturated rings. The molecule has 0 unspecified atom stereocenters. The summed E-state index contributed by atoms with van der Waals surface area (Å²) < 4.78 is 15.6. The zero-order valence-electron chi connectivity index (χ0n) is 15.8. The summed E-state index contributed by atoms with van der Waals surface area (Å²) in [7, 11) is 0. The van der Waals surface area contributed by atoms with E-state index in [9.17, 15) is 14.4 Å². The Labute approximate surface area is 161 Å². The lowest BCUT2D eigenvalue weighted by Gasteiger charge is -2.22. The number of aryl methyl sites for hydroxylation is 1. The third-order valence-electron chi connectivity index (χ3n) is 3.60. The first kappa shape index (κ1) is 20.8. The van der Waals surface area contributed by atoms with Crippen LogP contribution in [0.5, 0.6) is 5.75 Å². The molecule has 0 aliphatic heterocycles. The zero-order valence-corrected chi connectivity index (χ0v) is 16.6. The number of nitrogens with one attached hydrogen (secondary N) is 1. The summed E-state index contributed by atoms with van der Waals surface area (Å²) in [5.74, 6) is -0.674. The number of hydrogen-bond donors (Lipinski definition) is 1. The lowest BCUT2D eigenvalue weighted by atomic mass is 10.1. The van der Waals surface area contributed by atoms with Gasteiger partial charge in [0.05, 0.1) is 5.02 Å². The highest BCUT2D eigenvalue weighted by molar-refractivity contribution is 6.33. The van der Waals surface area contributed by atoms with Gasteiger partial charge in [0.15, 0.2) is 5.75 Å². The number of esters is 1. The molecule has 1 aromatic heterocycles. The van der Waals surface area contributed by atoms with Gasteiger partial charge >= 0.3 is 17.7 Å². The van der Waals surface area contributed by atoms with Crippen LogP contribution in [0.25, 0.3) is 11.0 Å². The Morgan fingerprint density at radius 3 is 2.52 bits per heavy atom. The number of benzene rings is 1. The van der Waals surface area contributed by atoms with Crippen molar-refractivity contribution in [3.05, 3.63) is 39.2 Å². The van der Waals surface area contributed by atoms with E-state index < -0.39 is 29.3 Å². The van der Waals surface area contributed by atoms with E-state index in [4.69, 9.17) is 25.5 Å². The first-order chi connectivity index (χ1) is 12.5. The molecule has 0 radical (unpaired) electrons. The van der Waals surface area contributed by atoms with Crippen molar-refractivity contribution in [2.24, 2.45) is 0 Å². The fourth-order valence-corrected chi connectivity index (χ4v) is 2.56. The SMILES string of the molecule is CC[C@@H](NC(=O)OC(C)(C)C)C(=O)Oc1cc2oc(=O)cc(C)c2cc1Cl. The Kier molecular flexibility index (Phi) is 6.15. The molecule has 146 valence electrons. The predicted molar refractivity (Wildman–Crippen MR) is 101 cm³/mol. The van der Waals surface area contributed by atoms with Crippen LogP contribution in [0, 0.1) is 6.92 Å².